The second-order valence-corrected chi connectivity index (χ2v) is 6.49. The molecule has 2 saturated carbocycles. The van der Waals surface area contributed by atoms with Crippen LogP contribution >= 0.6 is 0 Å². The standard InChI is InChI=1S/2C6H11N.C2H2O4/c2*1-2-6(3-1)4-7-5-6;3-1(4)2(5)6/h2*7H,1-5H2;(H,3,4)(H,5,6)/p-2. The van der Waals surface area contributed by atoms with E-state index in [1.54, 1.807) is 0 Å². The van der Waals surface area contributed by atoms with Crippen molar-refractivity contribution in [1.29, 1.82) is 0 Å². The molecular formula is C14H22N2O4-2. The highest BCUT2D eigenvalue weighted by Crippen LogP contribution is 2.44. The lowest BCUT2D eigenvalue weighted by molar-refractivity contribution is -0.345. The summed E-state index contributed by atoms with van der Waals surface area (Å²) in [7, 11) is 0. The summed E-state index contributed by atoms with van der Waals surface area (Å²) in [6.45, 7) is 5.25. The Kier molecular flexibility index (Phi) is 4.65. The monoisotopic (exact) mass is 282 g/mol. The quantitative estimate of drug-likeness (QED) is 0.498. The third kappa shape index (κ3) is 3.49. The number of carboxylic acid groups (broad SMARTS) is 2. The van der Waals surface area contributed by atoms with Gasteiger partial charge in [-0.1, -0.05) is 12.8 Å². The smallest absolute Gasteiger partial charge is 0.0870 e. The van der Waals surface area contributed by atoms with Gasteiger partial charge in [0, 0.05) is 26.2 Å². The summed E-state index contributed by atoms with van der Waals surface area (Å²) in [5.41, 5.74) is 1.67. The van der Waals surface area contributed by atoms with E-state index in [2.05, 4.69) is 10.6 Å². The number of carbonyl (C=O) groups excluding carboxylic acids is 2. The van der Waals surface area contributed by atoms with E-state index < -0.39 is 11.9 Å². The van der Waals surface area contributed by atoms with Gasteiger partial charge in [-0.3, -0.25) is 0 Å². The molecule has 0 aromatic heterocycles. The number of hydrogen-bond acceptors (Lipinski definition) is 6. The molecular weight excluding hydrogens is 260 g/mol. The maximum atomic E-state index is 8.93. The molecule has 4 rings (SSSR count). The Morgan fingerprint density at radius 1 is 0.700 bits per heavy atom. The SMILES string of the molecule is C1CC2(C1)CNC2.C1CC2(C1)CNC2.O=C([O-])C(=O)[O-]. The molecule has 2 aliphatic heterocycles. The van der Waals surface area contributed by atoms with Crippen LogP contribution in [0.1, 0.15) is 38.5 Å². The molecule has 2 spiro atoms. The fourth-order valence-corrected chi connectivity index (χ4v) is 3.02. The molecule has 0 radical (unpaired) electrons. The number of rotatable bonds is 0. The van der Waals surface area contributed by atoms with E-state index in [1.807, 2.05) is 0 Å². The van der Waals surface area contributed by atoms with E-state index in [9.17, 15) is 0 Å². The normalized spacial score (nSPS) is 26.2. The first-order chi connectivity index (χ1) is 9.47. The van der Waals surface area contributed by atoms with Gasteiger partial charge in [-0.15, -0.1) is 0 Å². The largest absolute Gasteiger partial charge is 0.543 e. The lowest BCUT2D eigenvalue weighted by atomic mass is 9.65. The van der Waals surface area contributed by atoms with Crippen LogP contribution in [0.25, 0.3) is 0 Å². The fourth-order valence-electron chi connectivity index (χ4n) is 3.02. The Labute approximate surface area is 118 Å². The fraction of sp³-hybridized carbons (Fsp3) is 0.857. The Bertz CT molecular complexity index is 300. The molecule has 0 bridgehead atoms. The molecule has 2 saturated heterocycles. The topological polar surface area (TPSA) is 104 Å². The van der Waals surface area contributed by atoms with Crippen molar-refractivity contribution in [2.24, 2.45) is 10.8 Å². The summed E-state index contributed by atoms with van der Waals surface area (Å²) in [6, 6.07) is 0. The molecule has 114 valence electrons. The van der Waals surface area contributed by atoms with Crippen LogP contribution in [0.2, 0.25) is 0 Å². The molecule has 20 heavy (non-hydrogen) atoms. The molecule has 0 atom stereocenters. The van der Waals surface area contributed by atoms with E-state index in [1.165, 1.54) is 64.7 Å². The van der Waals surface area contributed by atoms with Gasteiger partial charge < -0.3 is 30.4 Å². The number of carboxylic acids is 2. The number of hydrogen-bond donors (Lipinski definition) is 2. The Morgan fingerprint density at radius 3 is 1.00 bits per heavy atom. The number of aliphatic carboxylic acids is 2. The van der Waals surface area contributed by atoms with Gasteiger partial charge in [0.1, 0.15) is 0 Å². The predicted octanol–water partition coefficient (Wildman–Crippen LogP) is -1.99. The van der Waals surface area contributed by atoms with Crippen molar-refractivity contribution in [3.05, 3.63) is 0 Å². The number of nitrogens with one attached hydrogen (secondary N) is 2. The Morgan fingerprint density at radius 2 is 1.00 bits per heavy atom. The van der Waals surface area contributed by atoms with Crippen LogP contribution in [0.15, 0.2) is 0 Å². The van der Waals surface area contributed by atoms with Crippen molar-refractivity contribution in [3.63, 3.8) is 0 Å². The van der Waals surface area contributed by atoms with E-state index in [4.69, 9.17) is 19.8 Å². The number of carbonyl (C=O) groups is 2. The second kappa shape index (κ2) is 6.10. The molecule has 0 aromatic rings. The van der Waals surface area contributed by atoms with Gasteiger partial charge in [-0.25, -0.2) is 0 Å². The highest BCUT2D eigenvalue weighted by Gasteiger charge is 2.42. The molecule has 6 heteroatoms. The summed E-state index contributed by atoms with van der Waals surface area (Å²) in [5.74, 6) is -4.37. The van der Waals surface area contributed by atoms with Gasteiger partial charge in [-0.05, 0) is 36.5 Å². The highest BCUT2D eigenvalue weighted by molar-refractivity contribution is 6.25. The first-order valence-electron chi connectivity index (χ1n) is 7.31. The molecule has 6 nitrogen and oxygen atoms in total. The Balaban J connectivity index is 0.000000111. The molecule has 2 aliphatic carbocycles. The second-order valence-electron chi connectivity index (χ2n) is 6.49. The van der Waals surface area contributed by atoms with Gasteiger partial charge in [0.05, 0.1) is 11.9 Å². The van der Waals surface area contributed by atoms with Gasteiger partial charge in [0.15, 0.2) is 0 Å². The molecule has 0 aromatic carbocycles. The van der Waals surface area contributed by atoms with Crippen molar-refractivity contribution in [2.75, 3.05) is 26.2 Å². The van der Waals surface area contributed by atoms with Gasteiger partial charge in [0.25, 0.3) is 0 Å². The Hall–Kier alpha value is -1.14. The minimum Gasteiger partial charge on any atom is -0.543 e. The van der Waals surface area contributed by atoms with Crippen molar-refractivity contribution < 1.29 is 19.8 Å². The lowest BCUT2D eigenvalue weighted by Gasteiger charge is -2.49. The minimum absolute atomic E-state index is 0.833. The van der Waals surface area contributed by atoms with E-state index in [0.29, 0.717) is 0 Å². The molecule has 2 N–H and O–H groups in total. The lowest BCUT2D eigenvalue weighted by Crippen LogP contribution is -2.57. The van der Waals surface area contributed by atoms with Crippen molar-refractivity contribution in [2.45, 2.75) is 38.5 Å². The van der Waals surface area contributed by atoms with Gasteiger partial charge >= 0.3 is 0 Å². The van der Waals surface area contributed by atoms with Crippen molar-refractivity contribution >= 4 is 11.9 Å². The van der Waals surface area contributed by atoms with E-state index >= 15 is 0 Å². The highest BCUT2D eigenvalue weighted by atomic mass is 16.4. The zero-order valence-corrected chi connectivity index (χ0v) is 11.7. The molecule has 4 fully saturated rings. The van der Waals surface area contributed by atoms with Crippen LogP contribution in [-0.4, -0.2) is 38.1 Å². The van der Waals surface area contributed by atoms with Crippen LogP contribution in [0, 0.1) is 10.8 Å². The first-order valence-corrected chi connectivity index (χ1v) is 7.31. The third-order valence-electron chi connectivity index (χ3n) is 5.00. The summed E-state index contributed by atoms with van der Waals surface area (Å²) in [4.78, 5) is 17.9. The molecule has 4 aliphatic rings. The minimum atomic E-state index is -2.19. The summed E-state index contributed by atoms with van der Waals surface area (Å²) in [5, 5.41) is 24.5. The average Bonchev–Trinajstić information content (AvgIpc) is 2.08. The zero-order valence-electron chi connectivity index (χ0n) is 11.7. The van der Waals surface area contributed by atoms with E-state index in [0.717, 1.165) is 10.8 Å². The summed E-state index contributed by atoms with van der Waals surface area (Å²) >= 11 is 0. The zero-order chi connectivity index (χ0) is 14.6. The average molecular weight is 282 g/mol. The summed E-state index contributed by atoms with van der Waals surface area (Å²) < 4.78 is 0. The van der Waals surface area contributed by atoms with Gasteiger partial charge in [-0.2, -0.15) is 0 Å². The van der Waals surface area contributed by atoms with Gasteiger partial charge in [0.2, 0.25) is 0 Å². The maximum absolute atomic E-state index is 8.93. The molecule has 0 amide bonds. The predicted molar refractivity (Wildman–Crippen MR) is 68.3 cm³/mol. The van der Waals surface area contributed by atoms with Crippen LogP contribution < -0.4 is 20.8 Å². The van der Waals surface area contributed by atoms with E-state index in [-0.39, 0.29) is 0 Å². The molecule has 0 unspecified atom stereocenters. The van der Waals surface area contributed by atoms with Crippen molar-refractivity contribution in [3.8, 4) is 0 Å². The third-order valence-corrected chi connectivity index (χ3v) is 5.00. The molecule has 2 heterocycles. The maximum Gasteiger partial charge on any atom is 0.0870 e. The van der Waals surface area contributed by atoms with Crippen LogP contribution in [0.5, 0.6) is 0 Å². The van der Waals surface area contributed by atoms with Crippen LogP contribution in [-0.2, 0) is 9.59 Å². The summed E-state index contributed by atoms with van der Waals surface area (Å²) in [6.07, 6.45) is 8.98. The van der Waals surface area contributed by atoms with Crippen LogP contribution in [0.3, 0.4) is 0 Å². The van der Waals surface area contributed by atoms with Crippen molar-refractivity contribution in [1.82, 2.24) is 10.6 Å². The first kappa shape index (κ1) is 15.3. The van der Waals surface area contributed by atoms with Crippen LogP contribution in [0.4, 0.5) is 0 Å².